The predicted octanol–water partition coefficient (Wildman–Crippen LogP) is 2.17. The SMILES string of the molecule is CC(=O)c1ccccc1.O=S(=O)(O)c1ccccc1.[NaH]. The Morgan fingerprint density at radius 1 is 0.900 bits per heavy atom. The second kappa shape index (κ2) is 9.05. The Hall–Kier alpha value is -0.980. The van der Waals surface area contributed by atoms with Crippen molar-refractivity contribution in [1.29, 1.82) is 0 Å². The fourth-order valence-corrected chi connectivity index (χ4v) is 1.77. The van der Waals surface area contributed by atoms with Crippen LogP contribution >= 0.6 is 0 Å². The van der Waals surface area contributed by atoms with Crippen molar-refractivity contribution in [3.05, 3.63) is 66.2 Å². The third-order valence-electron chi connectivity index (χ3n) is 2.22. The van der Waals surface area contributed by atoms with Gasteiger partial charge in [-0.2, -0.15) is 8.42 Å². The van der Waals surface area contributed by atoms with Crippen LogP contribution in [0.25, 0.3) is 0 Å². The minimum atomic E-state index is -4.00. The number of rotatable bonds is 2. The van der Waals surface area contributed by atoms with E-state index < -0.39 is 10.1 Å². The van der Waals surface area contributed by atoms with Crippen LogP contribution < -0.4 is 0 Å². The number of carbonyl (C=O) groups is 1. The normalized spacial score (nSPS) is 9.70. The molecule has 0 unspecified atom stereocenters. The van der Waals surface area contributed by atoms with Gasteiger partial charge in [0.05, 0.1) is 4.90 Å². The number of Topliss-reactive ketones (excluding diaryl/α,β-unsaturated/α-hetero) is 1. The number of carbonyl (C=O) groups excluding carboxylic acids is 1. The molecule has 0 aliphatic rings. The molecule has 0 atom stereocenters. The van der Waals surface area contributed by atoms with Crippen LogP contribution in [0.1, 0.15) is 17.3 Å². The summed E-state index contributed by atoms with van der Waals surface area (Å²) in [7, 11) is -4.00. The molecular weight excluding hydrogens is 287 g/mol. The standard InChI is InChI=1S/C8H8O.C6H6O3S.Na.H/c1-7(9)8-5-3-2-4-6-8;7-10(8,9)6-4-2-1-3-5-6;;/h2-6H,1H3;1-5H,(H,7,8,9);;. The Morgan fingerprint density at radius 3 is 1.55 bits per heavy atom. The zero-order valence-corrected chi connectivity index (χ0v) is 11.2. The fraction of sp³-hybridized carbons (Fsp3) is 0.0714. The number of hydrogen-bond donors (Lipinski definition) is 1. The summed E-state index contributed by atoms with van der Waals surface area (Å²) in [6.45, 7) is 1.56. The van der Waals surface area contributed by atoms with Crippen molar-refractivity contribution in [2.45, 2.75) is 11.8 Å². The molecule has 0 bridgehead atoms. The number of hydrogen-bond acceptors (Lipinski definition) is 3. The van der Waals surface area contributed by atoms with Crippen molar-refractivity contribution < 1.29 is 17.8 Å². The van der Waals surface area contributed by atoms with E-state index in [-0.39, 0.29) is 40.2 Å². The van der Waals surface area contributed by atoms with Crippen LogP contribution in [0.2, 0.25) is 0 Å². The molecule has 2 aromatic carbocycles. The monoisotopic (exact) mass is 302 g/mol. The van der Waals surface area contributed by atoms with E-state index in [9.17, 15) is 13.2 Å². The molecule has 4 nitrogen and oxygen atoms in total. The molecule has 2 rings (SSSR count). The van der Waals surface area contributed by atoms with E-state index in [0.29, 0.717) is 0 Å². The topological polar surface area (TPSA) is 71.4 Å². The van der Waals surface area contributed by atoms with E-state index in [0.717, 1.165) is 5.56 Å². The first-order valence-electron chi connectivity index (χ1n) is 5.50. The third-order valence-corrected chi connectivity index (χ3v) is 3.09. The summed E-state index contributed by atoms with van der Waals surface area (Å²) in [6, 6.07) is 16.6. The molecule has 0 aliphatic heterocycles. The van der Waals surface area contributed by atoms with E-state index in [1.54, 1.807) is 25.1 Å². The van der Waals surface area contributed by atoms with E-state index in [1.807, 2.05) is 30.3 Å². The first-order valence-corrected chi connectivity index (χ1v) is 6.94. The second-order valence-electron chi connectivity index (χ2n) is 3.71. The molecule has 0 heterocycles. The van der Waals surface area contributed by atoms with Crippen LogP contribution in [-0.2, 0) is 10.1 Å². The van der Waals surface area contributed by atoms with Crippen molar-refractivity contribution in [2.75, 3.05) is 0 Å². The first-order chi connectivity index (χ1) is 8.91. The average Bonchev–Trinajstić information content (AvgIpc) is 2.40. The van der Waals surface area contributed by atoms with Gasteiger partial charge in [0.2, 0.25) is 0 Å². The maximum absolute atomic E-state index is 10.6. The Kier molecular flexibility index (Phi) is 8.60. The van der Waals surface area contributed by atoms with Crippen molar-refractivity contribution in [2.24, 2.45) is 0 Å². The van der Waals surface area contributed by atoms with Crippen molar-refractivity contribution in [1.82, 2.24) is 0 Å². The molecule has 0 saturated carbocycles. The van der Waals surface area contributed by atoms with Gasteiger partial charge in [-0.1, -0.05) is 48.5 Å². The molecule has 6 heteroatoms. The third kappa shape index (κ3) is 6.98. The molecule has 0 amide bonds. The molecule has 0 aliphatic carbocycles. The van der Waals surface area contributed by atoms with E-state index in [1.165, 1.54) is 12.1 Å². The molecule has 102 valence electrons. The average molecular weight is 302 g/mol. The molecule has 0 spiro atoms. The number of ketones is 1. The van der Waals surface area contributed by atoms with Crippen LogP contribution in [0.3, 0.4) is 0 Å². The van der Waals surface area contributed by atoms with Crippen molar-refractivity contribution in [3.63, 3.8) is 0 Å². The van der Waals surface area contributed by atoms with Gasteiger partial charge in [0.25, 0.3) is 10.1 Å². The summed E-state index contributed by atoms with van der Waals surface area (Å²) in [6.07, 6.45) is 0. The van der Waals surface area contributed by atoms with Crippen LogP contribution in [-0.4, -0.2) is 48.3 Å². The molecule has 0 fully saturated rings. The van der Waals surface area contributed by atoms with Gasteiger partial charge in [0.1, 0.15) is 0 Å². The second-order valence-corrected chi connectivity index (χ2v) is 5.13. The van der Waals surface area contributed by atoms with Crippen LogP contribution in [0.5, 0.6) is 0 Å². The Morgan fingerprint density at radius 2 is 1.30 bits per heavy atom. The molecule has 1 N–H and O–H groups in total. The van der Waals surface area contributed by atoms with Crippen LogP contribution in [0, 0.1) is 0 Å². The summed E-state index contributed by atoms with van der Waals surface area (Å²) >= 11 is 0. The molecule has 0 saturated heterocycles. The van der Waals surface area contributed by atoms with E-state index >= 15 is 0 Å². The zero-order chi connectivity index (χ0) is 14.3. The van der Waals surface area contributed by atoms with Gasteiger partial charge in [0.15, 0.2) is 5.78 Å². The molecule has 2 aromatic rings. The van der Waals surface area contributed by atoms with Crippen LogP contribution in [0.15, 0.2) is 65.6 Å². The van der Waals surface area contributed by atoms with E-state index in [4.69, 9.17) is 4.55 Å². The van der Waals surface area contributed by atoms with Gasteiger partial charge in [-0.05, 0) is 19.1 Å². The number of benzene rings is 2. The van der Waals surface area contributed by atoms with Gasteiger partial charge in [-0.3, -0.25) is 9.35 Å². The Balaban J connectivity index is 0.000000345. The first kappa shape index (κ1) is 19.0. The minimum absolute atomic E-state index is 0. The van der Waals surface area contributed by atoms with Gasteiger partial charge in [-0.15, -0.1) is 0 Å². The van der Waals surface area contributed by atoms with Crippen molar-refractivity contribution >= 4 is 45.5 Å². The summed E-state index contributed by atoms with van der Waals surface area (Å²) in [5, 5.41) is 0. The summed E-state index contributed by atoms with van der Waals surface area (Å²) in [5.74, 6) is 0.121. The van der Waals surface area contributed by atoms with Crippen LogP contribution in [0.4, 0.5) is 0 Å². The molecule has 0 radical (unpaired) electrons. The zero-order valence-electron chi connectivity index (χ0n) is 10.4. The van der Waals surface area contributed by atoms with Crippen molar-refractivity contribution in [3.8, 4) is 0 Å². The Labute approximate surface area is 140 Å². The predicted molar refractivity (Wildman–Crippen MR) is 79.9 cm³/mol. The fourth-order valence-electron chi connectivity index (χ4n) is 1.27. The summed E-state index contributed by atoms with van der Waals surface area (Å²) in [5.41, 5.74) is 0.775. The molecular formula is C14H15NaO4S. The quantitative estimate of drug-likeness (QED) is 0.524. The summed E-state index contributed by atoms with van der Waals surface area (Å²) in [4.78, 5) is 10.6. The molecule has 20 heavy (non-hydrogen) atoms. The maximum atomic E-state index is 10.6. The molecule has 0 aromatic heterocycles. The summed E-state index contributed by atoms with van der Waals surface area (Å²) < 4.78 is 29.2. The van der Waals surface area contributed by atoms with Gasteiger partial charge < -0.3 is 0 Å². The Bertz CT molecular complexity index is 625. The van der Waals surface area contributed by atoms with E-state index in [2.05, 4.69) is 0 Å². The van der Waals surface area contributed by atoms with Gasteiger partial charge in [-0.25, -0.2) is 0 Å². The van der Waals surface area contributed by atoms with Gasteiger partial charge >= 0.3 is 29.6 Å². The van der Waals surface area contributed by atoms with Gasteiger partial charge in [0, 0.05) is 5.56 Å².